The van der Waals surface area contributed by atoms with E-state index in [1.807, 2.05) is 0 Å². The van der Waals surface area contributed by atoms with Crippen LogP contribution in [0.1, 0.15) is 15.9 Å². The first-order valence-corrected chi connectivity index (χ1v) is 15.7. The summed E-state index contributed by atoms with van der Waals surface area (Å²) < 4.78 is 63.4. The number of nitrogens with one attached hydrogen (secondary N) is 1. The minimum Gasteiger partial charge on any atom is -0.455 e. The molecule has 0 unspecified atom stereocenters. The lowest BCUT2D eigenvalue weighted by Crippen LogP contribution is -2.25. The van der Waals surface area contributed by atoms with Crippen LogP contribution in [0.2, 0.25) is 0 Å². The van der Waals surface area contributed by atoms with Crippen LogP contribution >= 0.6 is 0 Å². The number of halogens is 2. The summed E-state index contributed by atoms with van der Waals surface area (Å²) in [5, 5.41) is 3.46. The Hall–Kier alpha value is -5.36. The summed E-state index contributed by atoms with van der Waals surface area (Å²) >= 11 is 0. The lowest BCUT2D eigenvalue weighted by atomic mass is 9.98. The second-order valence-corrected chi connectivity index (χ2v) is 12.8. The minimum absolute atomic E-state index is 0.204. The number of aryl methyl sites for hydroxylation is 1. The Bertz CT molecular complexity index is 2490. The molecule has 4 heterocycles. The van der Waals surface area contributed by atoms with Gasteiger partial charge in [0.2, 0.25) is 10.0 Å². The number of anilines is 1. The third-order valence-electron chi connectivity index (χ3n) is 8.07. The Morgan fingerprint density at radius 3 is 2.51 bits per heavy atom. The number of hydrogen-bond acceptors (Lipinski definition) is 6. The topological polar surface area (TPSA) is 110 Å². The highest BCUT2D eigenvalue weighted by atomic mass is 32.2. The number of furan rings is 1. The van der Waals surface area contributed by atoms with Crippen LogP contribution < -0.4 is 9.62 Å². The lowest BCUT2D eigenvalue weighted by molar-refractivity contribution is 0.0964. The fourth-order valence-corrected chi connectivity index (χ4v) is 6.24. The third kappa shape index (κ3) is 4.48. The molecule has 45 heavy (non-hydrogen) atoms. The van der Waals surface area contributed by atoms with Crippen LogP contribution in [0.3, 0.4) is 0 Å². The van der Waals surface area contributed by atoms with Crippen molar-refractivity contribution in [3.05, 3.63) is 95.8 Å². The summed E-state index contributed by atoms with van der Waals surface area (Å²) in [7, 11) is -0.855. The summed E-state index contributed by atoms with van der Waals surface area (Å²) in [6, 6.07) is 17.3. The van der Waals surface area contributed by atoms with Gasteiger partial charge in [0.05, 0.1) is 39.8 Å². The number of sulfonamides is 1. The first-order valence-electron chi connectivity index (χ1n) is 13.8. The molecule has 7 rings (SSSR count). The molecule has 226 valence electrons. The van der Waals surface area contributed by atoms with E-state index in [-0.39, 0.29) is 28.4 Å². The smallest absolute Gasteiger partial charge is 0.255 e. The highest BCUT2D eigenvalue weighted by molar-refractivity contribution is 7.92. The van der Waals surface area contributed by atoms with E-state index in [2.05, 4.69) is 10.3 Å². The quantitative estimate of drug-likeness (QED) is 0.235. The monoisotopic (exact) mass is 625 g/mol. The van der Waals surface area contributed by atoms with Gasteiger partial charge >= 0.3 is 0 Å². The van der Waals surface area contributed by atoms with Gasteiger partial charge in [-0.2, -0.15) is 0 Å². The van der Waals surface area contributed by atoms with Crippen molar-refractivity contribution in [2.24, 2.45) is 0 Å². The Kier molecular flexibility index (Phi) is 6.37. The number of aromatic nitrogens is 3. The number of pyridine rings is 1. The molecule has 3 aromatic carbocycles. The molecule has 0 atom stereocenters. The molecule has 0 saturated carbocycles. The van der Waals surface area contributed by atoms with E-state index in [1.54, 1.807) is 60.1 Å². The van der Waals surface area contributed by atoms with Crippen LogP contribution in [0.4, 0.5) is 14.5 Å². The Morgan fingerprint density at radius 1 is 0.978 bits per heavy atom. The summed E-state index contributed by atoms with van der Waals surface area (Å²) in [6.07, 6.45) is 2.68. The van der Waals surface area contributed by atoms with E-state index < -0.39 is 21.7 Å². The second-order valence-electron chi connectivity index (χ2n) is 10.8. The normalized spacial score (nSPS) is 12.0. The van der Waals surface area contributed by atoms with Crippen LogP contribution in [-0.2, 0) is 10.0 Å². The Morgan fingerprint density at radius 2 is 1.78 bits per heavy atom. The lowest BCUT2D eigenvalue weighted by Gasteiger charge is -2.20. The molecule has 0 fully saturated rings. The molecule has 9 nitrogen and oxygen atoms in total. The van der Waals surface area contributed by atoms with Gasteiger partial charge in [0, 0.05) is 42.1 Å². The molecule has 4 aromatic heterocycles. The Labute approximate surface area is 255 Å². The predicted octanol–water partition coefficient (Wildman–Crippen LogP) is 6.46. The van der Waals surface area contributed by atoms with Gasteiger partial charge in [0.15, 0.2) is 0 Å². The molecule has 0 bridgehead atoms. The van der Waals surface area contributed by atoms with E-state index in [0.717, 1.165) is 10.6 Å². The fraction of sp³-hybridized carbons (Fsp3) is 0.121. The van der Waals surface area contributed by atoms with Crippen molar-refractivity contribution in [2.75, 3.05) is 24.7 Å². The molecule has 1 N–H and O–H groups in total. The number of nitrogens with zero attached hydrogens (tertiary/aromatic N) is 4. The minimum atomic E-state index is -3.76. The number of amides is 1. The van der Waals surface area contributed by atoms with E-state index >= 15 is 0 Å². The zero-order chi connectivity index (χ0) is 31.8. The van der Waals surface area contributed by atoms with E-state index in [1.165, 1.54) is 38.4 Å². The van der Waals surface area contributed by atoms with Crippen LogP contribution in [0.5, 0.6) is 0 Å². The molecule has 7 aromatic rings. The van der Waals surface area contributed by atoms with E-state index in [0.29, 0.717) is 55.2 Å². The van der Waals surface area contributed by atoms with Gasteiger partial charge in [0.1, 0.15) is 34.8 Å². The maximum Gasteiger partial charge on any atom is 0.255 e. The van der Waals surface area contributed by atoms with Gasteiger partial charge in [-0.15, -0.1) is 0 Å². The zero-order valence-corrected chi connectivity index (χ0v) is 25.3. The maximum atomic E-state index is 14.7. The summed E-state index contributed by atoms with van der Waals surface area (Å²) in [4.78, 5) is 22.7. The number of fused-ring (bicyclic) bond motifs is 6. The molecular weight excluding hydrogens is 600 g/mol. The van der Waals surface area contributed by atoms with E-state index in [9.17, 15) is 22.0 Å². The van der Waals surface area contributed by atoms with Crippen LogP contribution in [0.25, 0.3) is 61.0 Å². The molecule has 0 spiro atoms. The van der Waals surface area contributed by atoms with Gasteiger partial charge in [0.25, 0.3) is 5.91 Å². The highest BCUT2D eigenvalue weighted by Gasteiger charge is 2.27. The molecule has 1 amide bonds. The molecule has 0 aliphatic rings. The van der Waals surface area contributed by atoms with Crippen LogP contribution in [0, 0.1) is 18.6 Å². The van der Waals surface area contributed by atoms with Crippen molar-refractivity contribution in [1.82, 2.24) is 19.7 Å². The highest BCUT2D eigenvalue weighted by Crippen LogP contribution is 2.42. The van der Waals surface area contributed by atoms with E-state index in [4.69, 9.17) is 9.40 Å². The summed E-state index contributed by atoms with van der Waals surface area (Å²) in [5.41, 5.74) is 4.82. The predicted molar refractivity (Wildman–Crippen MR) is 170 cm³/mol. The van der Waals surface area contributed by atoms with Crippen LogP contribution in [0.15, 0.2) is 77.5 Å². The average Bonchev–Trinajstić information content (AvgIpc) is 3.58. The number of carbonyl (C=O) groups excluding carboxylic acids is 1. The van der Waals surface area contributed by atoms with Gasteiger partial charge < -0.3 is 9.73 Å². The SMILES string of the molecule is CNC(=O)c1c(-c2ccc(F)cc2C)oc2cc(N(C)S(C)(=O)=O)c(-c3ccc4ncn5c6cccc(F)c6cc5c4n3)cc12. The number of carbonyl (C=O) groups is 1. The third-order valence-corrected chi connectivity index (χ3v) is 9.26. The zero-order valence-electron chi connectivity index (χ0n) is 24.5. The van der Waals surface area contributed by atoms with Gasteiger partial charge in [-0.1, -0.05) is 6.07 Å². The molecule has 0 radical (unpaired) electrons. The van der Waals surface area contributed by atoms with Crippen molar-refractivity contribution in [3.63, 3.8) is 0 Å². The van der Waals surface area contributed by atoms with Gasteiger partial charge in [-0.3, -0.25) is 13.5 Å². The van der Waals surface area contributed by atoms with Crippen molar-refractivity contribution in [1.29, 1.82) is 0 Å². The van der Waals surface area contributed by atoms with Gasteiger partial charge in [-0.05, 0) is 67.1 Å². The maximum absolute atomic E-state index is 14.7. The molecular formula is C33H25F2N5O4S. The van der Waals surface area contributed by atoms with Crippen LogP contribution in [-0.4, -0.2) is 49.0 Å². The summed E-state index contributed by atoms with van der Waals surface area (Å²) in [6.45, 7) is 1.71. The van der Waals surface area contributed by atoms with Crippen molar-refractivity contribution in [2.45, 2.75) is 6.92 Å². The average molecular weight is 626 g/mol. The Balaban J connectivity index is 1.55. The number of hydrogen-bond donors (Lipinski definition) is 1. The van der Waals surface area contributed by atoms with Crippen molar-refractivity contribution >= 4 is 60.0 Å². The molecule has 0 saturated heterocycles. The summed E-state index contributed by atoms with van der Waals surface area (Å²) in [5.74, 6) is -1.04. The number of rotatable bonds is 5. The van der Waals surface area contributed by atoms with Crippen molar-refractivity contribution in [3.8, 4) is 22.6 Å². The largest absolute Gasteiger partial charge is 0.455 e. The second kappa shape index (κ2) is 10.1. The standard InChI is InChI=1S/C33H25F2N5O4S/c1-17-12-18(34)8-9-19(17)32-30(33(41)36-2)22-13-21(27(15-29(22)44-32)39(3)45(4,42)43)24-10-11-25-31(38-24)28-14-20-23(35)6-5-7-26(20)40(28)16-37-25/h5-16H,1-4H3,(H,36,41). The first kappa shape index (κ1) is 28.4. The van der Waals surface area contributed by atoms with Crippen molar-refractivity contribution < 1.29 is 26.4 Å². The van der Waals surface area contributed by atoms with Gasteiger partial charge in [-0.25, -0.2) is 27.2 Å². The molecule has 0 aliphatic heterocycles. The first-order chi connectivity index (χ1) is 21.5. The number of benzene rings is 3. The fourth-order valence-electron chi connectivity index (χ4n) is 5.73. The molecule has 0 aliphatic carbocycles. The molecule has 12 heteroatoms.